The third-order valence-electron chi connectivity index (χ3n) is 7.74. The number of nitrogens with zero attached hydrogens (tertiary/aromatic N) is 4. The van der Waals surface area contributed by atoms with Crippen LogP contribution in [0.4, 0.5) is 10.7 Å². The van der Waals surface area contributed by atoms with Gasteiger partial charge in [-0.3, -0.25) is 4.79 Å². The number of ether oxygens (including phenoxy) is 1. The van der Waals surface area contributed by atoms with Crippen molar-refractivity contribution in [1.82, 2.24) is 19.8 Å². The monoisotopic (exact) mass is 498 g/mol. The average Bonchev–Trinajstić information content (AvgIpc) is 3.31. The Bertz CT molecular complexity index is 1260. The van der Waals surface area contributed by atoms with Crippen LogP contribution >= 0.6 is 0 Å². The van der Waals surface area contributed by atoms with E-state index in [0.29, 0.717) is 30.2 Å². The molecular weight excluding hydrogens is 466 g/mol. The maximum absolute atomic E-state index is 14.0. The highest BCUT2D eigenvalue weighted by Crippen LogP contribution is 2.34. The summed E-state index contributed by atoms with van der Waals surface area (Å²) in [5.74, 6) is 1.50. The van der Waals surface area contributed by atoms with Gasteiger partial charge in [0.15, 0.2) is 14.3 Å². The van der Waals surface area contributed by atoms with E-state index in [1.807, 2.05) is 24.4 Å². The molecule has 7 nitrogen and oxygen atoms in total. The van der Waals surface area contributed by atoms with Crippen LogP contribution < -0.4 is 10.1 Å². The van der Waals surface area contributed by atoms with Crippen LogP contribution in [0.25, 0.3) is 0 Å². The fourth-order valence-electron chi connectivity index (χ4n) is 5.71. The second kappa shape index (κ2) is 9.67. The number of fused-ring (bicyclic) bond motifs is 2. The van der Waals surface area contributed by atoms with Gasteiger partial charge >= 0.3 is 0 Å². The standard InChI is InChI=1S/C28H32N5O2Si/c1-19-14-21-15-29-27(31-24-18-35-25-11-7-6-10-22(24)25)30-23(21)16-33(19)28(34)36-13-12-32(2)17-26(36)20-8-4-3-5-9-20/h3-11,15,19,24,26H,12-14,16-18H2,1-2H3,(H,29,30,31)/t19-,24-,26-/m1/s1. The van der Waals surface area contributed by atoms with E-state index in [1.54, 1.807) is 0 Å². The second-order valence-electron chi connectivity index (χ2n) is 10.2. The number of nitrogens with one attached hydrogen (secondary N) is 1. The van der Waals surface area contributed by atoms with Gasteiger partial charge in [0.05, 0.1) is 18.3 Å². The molecule has 1 N–H and O–H groups in total. The number of amides is 1. The molecule has 0 saturated carbocycles. The normalized spacial score (nSPS) is 24.1. The Morgan fingerprint density at radius 1 is 1.14 bits per heavy atom. The number of anilines is 1. The number of benzene rings is 2. The van der Waals surface area contributed by atoms with Gasteiger partial charge in [-0.25, -0.2) is 9.97 Å². The Balaban J connectivity index is 1.22. The minimum absolute atomic E-state index is 0.0239. The highest BCUT2D eigenvalue weighted by molar-refractivity contribution is 6.90. The molecule has 1 fully saturated rings. The van der Waals surface area contributed by atoms with Gasteiger partial charge in [-0.1, -0.05) is 48.5 Å². The molecule has 3 aliphatic heterocycles. The lowest BCUT2D eigenvalue weighted by Crippen LogP contribution is -2.54. The molecule has 3 atom stereocenters. The molecule has 36 heavy (non-hydrogen) atoms. The van der Waals surface area contributed by atoms with Crippen LogP contribution in [0.15, 0.2) is 60.8 Å². The number of carbonyl (C=O) groups is 1. The van der Waals surface area contributed by atoms with Gasteiger partial charge in [0.1, 0.15) is 12.4 Å². The Hall–Kier alpha value is -3.23. The van der Waals surface area contributed by atoms with Crippen LogP contribution in [0.2, 0.25) is 6.04 Å². The number of rotatable bonds is 4. The van der Waals surface area contributed by atoms with Gasteiger partial charge in [0.25, 0.3) is 0 Å². The van der Waals surface area contributed by atoms with Gasteiger partial charge < -0.3 is 19.9 Å². The number of hydrogen-bond acceptors (Lipinski definition) is 6. The molecule has 0 unspecified atom stereocenters. The summed E-state index contributed by atoms with van der Waals surface area (Å²) in [6.45, 7) is 5.21. The number of hydrogen-bond donors (Lipinski definition) is 1. The molecule has 3 aromatic rings. The molecule has 1 radical (unpaired) electrons. The van der Waals surface area contributed by atoms with E-state index in [9.17, 15) is 4.79 Å². The SMILES string of the molecule is C[C@@H]1Cc2cnc(N[C@@H]3COc4ccccc43)nc2CN1C(=O)[Si]1CCN(C)C[C@@H]1c1ccccc1. The molecule has 2 aromatic carbocycles. The van der Waals surface area contributed by atoms with Gasteiger partial charge in [0, 0.05) is 24.3 Å². The summed E-state index contributed by atoms with van der Waals surface area (Å²) in [7, 11) is 0.891. The van der Waals surface area contributed by atoms with Crippen LogP contribution in [0.5, 0.6) is 5.75 Å². The molecule has 0 bridgehead atoms. The molecule has 4 heterocycles. The van der Waals surface area contributed by atoms with Crippen molar-refractivity contribution in [3.05, 3.63) is 83.2 Å². The predicted molar refractivity (Wildman–Crippen MR) is 142 cm³/mol. The fourth-order valence-corrected chi connectivity index (χ4v) is 8.98. The van der Waals surface area contributed by atoms with Crippen molar-refractivity contribution >= 4 is 20.3 Å². The number of likely N-dealkylation sites (N-methyl/N-ethyl adjacent to an activating group) is 1. The zero-order chi connectivity index (χ0) is 24.6. The van der Waals surface area contributed by atoms with Crippen LogP contribution in [-0.4, -0.2) is 66.9 Å². The highest BCUT2D eigenvalue weighted by Gasteiger charge is 2.41. The Morgan fingerprint density at radius 2 is 1.94 bits per heavy atom. The Labute approximate surface area is 214 Å². The molecule has 3 aliphatic rings. The molecular formula is C28H32N5O2Si. The van der Waals surface area contributed by atoms with E-state index in [-0.39, 0.29) is 12.1 Å². The largest absolute Gasteiger partial charge is 0.491 e. The van der Waals surface area contributed by atoms with E-state index in [0.717, 1.165) is 48.1 Å². The van der Waals surface area contributed by atoms with Gasteiger partial charge in [-0.15, -0.1) is 0 Å². The summed E-state index contributed by atoms with van der Waals surface area (Å²) in [6, 6.07) is 19.8. The minimum atomic E-state index is -1.27. The van der Waals surface area contributed by atoms with Crippen molar-refractivity contribution in [2.45, 2.75) is 43.6 Å². The van der Waals surface area contributed by atoms with E-state index in [1.165, 1.54) is 5.56 Å². The summed E-state index contributed by atoms with van der Waals surface area (Å²) in [5.41, 5.74) is 5.18. The summed E-state index contributed by atoms with van der Waals surface area (Å²) in [5, 5.41) is 3.45. The first-order valence-electron chi connectivity index (χ1n) is 12.8. The number of aromatic nitrogens is 2. The zero-order valence-corrected chi connectivity index (χ0v) is 21.9. The van der Waals surface area contributed by atoms with E-state index >= 15 is 0 Å². The van der Waals surface area contributed by atoms with E-state index in [4.69, 9.17) is 9.72 Å². The molecule has 1 aromatic heterocycles. The van der Waals surface area contributed by atoms with E-state index in [2.05, 4.69) is 70.5 Å². The lowest BCUT2D eigenvalue weighted by Gasteiger charge is -2.41. The van der Waals surface area contributed by atoms with Crippen LogP contribution in [-0.2, 0) is 13.0 Å². The first kappa shape index (κ1) is 23.2. The van der Waals surface area contributed by atoms with Crippen molar-refractivity contribution in [2.75, 3.05) is 32.1 Å². The van der Waals surface area contributed by atoms with Gasteiger partial charge in [0.2, 0.25) is 5.95 Å². The van der Waals surface area contributed by atoms with Crippen molar-refractivity contribution in [3.63, 3.8) is 0 Å². The smallest absolute Gasteiger partial charge is 0.223 e. The Kier molecular flexibility index (Phi) is 6.23. The topological polar surface area (TPSA) is 70.6 Å². The van der Waals surface area contributed by atoms with Gasteiger partial charge in [-0.2, -0.15) is 0 Å². The van der Waals surface area contributed by atoms with Crippen molar-refractivity contribution in [2.24, 2.45) is 0 Å². The molecule has 0 spiro atoms. The third-order valence-corrected chi connectivity index (χ3v) is 10.7. The lowest BCUT2D eigenvalue weighted by molar-refractivity contribution is 0.187. The van der Waals surface area contributed by atoms with Crippen LogP contribution in [0, 0.1) is 0 Å². The number of para-hydroxylation sites is 1. The quantitative estimate of drug-likeness (QED) is 0.543. The maximum atomic E-state index is 14.0. The lowest BCUT2D eigenvalue weighted by atomic mass is 10.0. The maximum Gasteiger partial charge on any atom is 0.223 e. The van der Waals surface area contributed by atoms with Gasteiger partial charge in [-0.05, 0) is 55.7 Å². The molecule has 185 valence electrons. The van der Waals surface area contributed by atoms with E-state index < -0.39 is 8.80 Å². The second-order valence-corrected chi connectivity index (χ2v) is 12.9. The summed E-state index contributed by atoms with van der Waals surface area (Å²) < 4.78 is 5.81. The van der Waals surface area contributed by atoms with Crippen molar-refractivity contribution in [1.29, 1.82) is 0 Å². The highest BCUT2D eigenvalue weighted by atomic mass is 28.3. The molecule has 1 amide bonds. The molecule has 1 saturated heterocycles. The summed E-state index contributed by atoms with van der Waals surface area (Å²) in [4.78, 5) is 28.0. The number of carbonyl (C=O) groups excluding carboxylic acids is 1. The first-order chi connectivity index (χ1) is 17.6. The van der Waals surface area contributed by atoms with Crippen molar-refractivity contribution in [3.8, 4) is 5.75 Å². The van der Waals surface area contributed by atoms with Crippen molar-refractivity contribution < 1.29 is 9.53 Å². The summed E-state index contributed by atoms with van der Waals surface area (Å²) in [6.07, 6.45) is 2.73. The summed E-state index contributed by atoms with van der Waals surface area (Å²) >= 11 is 0. The molecule has 0 aliphatic carbocycles. The third kappa shape index (κ3) is 4.39. The van der Waals surface area contributed by atoms with Crippen LogP contribution in [0.1, 0.15) is 40.9 Å². The minimum Gasteiger partial charge on any atom is -0.491 e. The predicted octanol–water partition coefficient (Wildman–Crippen LogP) is 4.23. The fraction of sp³-hybridized carbons (Fsp3) is 0.393. The average molecular weight is 499 g/mol. The zero-order valence-electron chi connectivity index (χ0n) is 20.9. The first-order valence-corrected chi connectivity index (χ1v) is 14.6. The Morgan fingerprint density at radius 3 is 2.81 bits per heavy atom. The molecule has 8 heteroatoms. The molecule has 6 rings (SSSR count). The van der Waals surface area contributed by atoms with Crippen LogP contribution in [0.3, 0.4) is 0 Å².